The predicted octanol–water partition coefficient (Wildman–Crippen LogP) is 5.03. The minimum atomic E-state index is -3.69. The lowest BCUT2D eigenvalue weighted by molar-refractivity contribution is 0.102. The van der Waals surface area contributed by atoms with Crippen molar-refractivity contribution >= 4 is 44.0 Å². The lowest BCUT2D eigenvalue weighted by Gasteiger charge is -2.26. The third-order valence-corrected chi connectivity index (χ3v) is 7.98. The van der Waals surface area contributed by atoms with Crippen LogP contribution < -0.4 is 5.32 Å². The molecule has 31 heavy (non-hydrogen) atoms. The second-order valence-electron chi connectivity index (χ2n) is 7.11. The molecule has 1 aliphatic heterocycles. The maximum atomic E-state index is 13.1. The van der Waals surface area contributed by atoms with Crippen molar-refractivity contribution in [2.24, 2.45) is 0 Å². The number of sulfonamides is 1. The van der Waals surface area contributed by atoms with Crippen LogP contribution in [0, 0.1) is 5.82 Å². The van der Waals surface area contributed by atoms with Crippen LogP contribution in [0.25, 0.3) is 11.3 Å². The molecule has 0 radical (unpaired) electrons. The van der Waals surface area contributed by atoms with E-state index in [1.165, 1.54) is 46.0 Å². The summed E-state index contributed by atoms with van der Waals surface area (Å²) in [5, 5.41) is 4.87. The number of nitrogens with zero attached hydrogens (tertiary/aromatic N) is 2. The summed E-state index contributed by atoms with van der Waals surface area (Å²) in [5.74, 6) is -0.901. The molecule has 1 N–H and O–H groups in total. The number of thiazole rings is 1. The van der Waals surface area contributed by atoms with E-state index in [-0.39, 0.29) is 21.3 Å². The maximum absolute atomic E-state index is 13.1. The Kier molecular flexibility index (Phi) is 6.38. The van der Waals surface area contributed by atoms with Crippen LogP contribution >= 0.6 is 22.9 Å². The molecule has 0 atom stereocenters. The number of carbonyl (C=O) groups is 1. The fraction of sp³-hybridized carbons (Fsp3) is 0.238. The number of hydrogen-bond acceptors (Lipinski definition) is 5. The molecular weight excluding hydrogens is 461 g/mol. The summed E-state index contributed by atoms with van der Waals surface area (Å²) < 4.78 is 40.4. The lowest BCUT2D eigenvalue weighted by Crippen LogP contribution is -2.35. The number of nitrogens with one attached hydrogen (secondary N) is 1. The normalized spacial score (nSPS) is 15.0. The van der Waals surface area contributed by atoms with Crippen LogP contribution in [0.1, 0.15) is 29.6 Å². The molecule has 162 valence electrons. The second kappa shape index (κ2) is 9.04. The molecule has 10 heteroatoms. The van der Waals surface area contributed by atoms with E-state index in [2.05, 4.69) is 10.3 Å². The van der Waals surface area contributed by atoms with Gasteiger partial charge >= 0.3 is 0 Å². The molecule has 3 aromatic rings. The van der Waals surface area contributed by atoms with Crippen LogP contribution in [-0.4, -0.2) is 36.7 Å². The fourth-order valence-corrected chi connectivity index (χ4v) is 5.80. The highest BCUT2D eigenvalue weighted by atomic mass is 35.5. The number of halogens is 2. The van der Waals surface area contributed by atoms with Gasteiger partial charge in [-0.25, -0.2) is 17.8 Å². The Morgan fingerprint density at radius 1 is 1.10 bits per heavy atom. The molecule has 2 heterocycles. The zero-order chi connectivity index (χ0) is 22.0. The molecule has 2 aromatic carbocycles. The Bertz CT molecular complexity index is 1210. The molecule has 1 aromatic heterocycles. The Balaban J connectivity index is 1.55. The summed E-state index contributed by atoms with van der Waals surface area (Å²) in [6.45, 7) is 0.940. The smallest absolute Gasteiger partial charge is 0.259 e. The fourth-order valence-electron chi connectivity index (χ4n) is 3.34. The van der Waals surface area contributed by atoms with Crippen LogP contribution in [0.4, 0.5) is 9.52 Å². The second-order valence-corrected chi connectivity index (χ2v) is 10.3. The Morgan fingerprint density at radius 3 is 2.52 bits per heavy atom. The quantitative estimate of drug-likeness (QED) is 0.556. The number of hydrogen-bond donors (Lipinski definition) is 1. The summed E-state index contributed by atoms with van der Waals surface area (Å²) in [6.07, 6.45) is 2.65. The summed E-state index contributed by atoms with van der Waals surface area (Å²) in [4.78, 5) is 17.2. The number of benzene rings is 2. The average Bonchev–Trinajstić information content (AvgIpc) is 3.23. The van der Waals surface area contributed by atoms with E-state index in [0.29, 0.717) is 29.5 Å². The van der Waals surface area contributed by atoms with Crippen molar-refractivity contribution in [2.45, 2.75) is 24.2 Å². The highest BCUT2D eigenvalue weighted by Gasteiger charge is 2.27. The van der Waals surface area contributed by atoms with Gasteiger partial charge in [-0.15, -0.1) is 11.3 Å². The summed E-state index contributed by atoms with van der Waals surface area (Å²) in [6, 6.07) is 10.00. The van der Waals surface area contributed by atoms with Crippen LogP contribution in [0.3, 0.4) is 0 Å². The zero-order valence-corrected chi connectivity index (χ0v) is 18.7. The molecule has 1 aliphatic rings. The van der Waals surface area contributed by atoms with Crippen molar-refractivity contribution in [3.8, 4) is 11.3 Å². The zero-order valence-electron chi connectivity index (χ0n) is 16.3. The molecule has 0 bridgehead atoms. The SMILES string of the molecule is O=C(Nc1nc(-c2ccc(F)cc2)cs1)c1cc(S(=O)(=O)N2CCCCC2)ccc1Cl. The molecule has 0 unspecified atom stereocenters. The van der Waals surface area contributed by atoms with Crippen molar-refractivity contribution in [1.82, 2.24) is 9.29 Å². The third kappa shape index (κ3) is 4.79. The molecular formula is C21H19ClFN3O3S2. The molecule has 1 saturated heterocycles. The van der Waals surface area contributed by atoms with E-state index in [9.17, 15) is 17.6 Å². The molecule has 0 saturated carbocycles. The van der Waals surface area contributed by atoms with Gasteiger partial charge in [-0.1, -0.05) is 18.0 Å². The van der Waals surface area contributed by atoms with Gasteiger partial charge in [0, 0.05) is 24.0 Å². The van der Waals surface area contributed by atoms with Gasteiger partial charge in [-0.2, -0.15) is 4.31 Å². The van der Waals surface area contributed by atoms with E-state index in [0.717, 1.165) is 19.3 Å². The van der Waals surface area contributed by atoms with Crippen LogP contribution in [0.2, 0.25) is 5.02 Å². The summed E-state index contributed by atoms with van der Waals surface area (Å²) >= 11 is 7.39. The van der Waals surface area contributed by atoms with E-state index in [1.54, 1.807) is 17.5 Å². The van der Waals surface area contributed by atoms with Gasteiger partial charge in [0.25, 0.3) is 5.91 Å². The van der Waals surface area contributed by atoms with Crippen molar-refractivity contribution < 1.29 is 17.6 Å². The van der Waals surface area contributed by atoms with Gasteiger partial charge in [0.15, 0.2) is 5.13 Å². The number of aromatic nitrogens is 1. The first kappa shape index (κ1) is 21.9. The third-order valence-electron chi connectivity index (χ3n) is 5.00. The average molecular weight is 480 g/mol. The van der Waals surface area contributed by atoms with Gasteiger partial charge in [0.2, 0.25) is 10.0 Å². The molecule has 0 spiro atoms. The number of rotatable bonds is 5. The molecule has 6 nitrogen and oxygen atoms in total. The van der Waals surface area contributed by atoms with Crippen LogP contribution in [0.5, 0.6) is 0 Å². The van der Waals surface area contributed by atoms with Crippen molar-refractivity contribution in [2.75, 3.05) is 18.4 Å². The highest BCUT2D eigenvalue weighted by Crippen LogP contribution is 2.28. The van der Waals surface area contributed by atoms with Gasteiger partial charge in [0.05, 0.1) is 21.2 Å². The minimum Gasteiger partial charge on any atom is -0.298 e. The van der Waals surface area contributed by atoms with E-state index < -0.39 is 15.9 Å². The summed E-state index contributed by atoms with van der Waals surface area (Å²) in [7, 11) is -3.69. The Hall–Kier alpha value is -2.33. The van der Waals surface area contributed by atoms with Crippen molar-refractivity contribution in [1.29, 1.82) is 0 Å². The first-order chi connectivity index (χ1) is 14.8. The predicted molar refractivity (Wildman–Crippen MR) is 120 cm³/mol. The number of anilines is 1. The van der Waals surface area contributed by atoms with E-state index in [4.69, 9.17) is 11.6 Å². The van der Waals surface area contributed by atoms with Crippen molar-refractivity contribution in [3.05, 3.63) is 64.2 Å². The van der Waals surface area contributed by atoms with Crippen LogP contribution in [0.15, 0.2) is 52.7 Å². The first-order valence-electron chi connectivity index (χ1n) is 9.67. The van der Waals surface area contributed by atoms with Gasteiger partial charge in [-0.05, 0) is 55.3 Å². The van der Waals surface area contributed by atoms with Gasteiger partial charge in [-0.3, -0.25) is 10.1 Å². The van der Waals surface area contributed by atoms with Gasteiger partial charge in [0.1, 0.15) is 5.82 Å². The van der Waals surface area contributed by atoms with Crippen molar-refractivity contribution in [3.63, 3.8) is 0 Å². The molecule has 1 amide bonds. The maximum Gasteiger partial charge on any atom is 0.259 e. The molecule has 1 fully saturated rings. The number of amides is 1. The lowest BCUT2D eigenvalue weighted by atomic mass is 10.2. The Labute approximate surface area is 188 Å². The van der Waals surface area contributed by atoms with Crippen LogP contribution in [-0.2, 0) is 10.0 Å². The number of piperidine rings is 1. The van der Waals surface area contributed by atoms with Gasteiger partial charge < -0.3 is 0 Å². The largest absolute Gasteiger partial charge is 0.298 e. The first-order valence-corrected chi connectivity index (χ1v) is 12.4. The standard InChI is InChI=1S/C21H19ClFN3O3S2/c22-18-9-8-16(31(28,29)26-10-2-1-3-11-26)12-17(18)20(27)25-21-24-19(13-30-21)14-4-6-15(23)7-5-14/h4-9,12-13H,1-3,10-11H2,(H,24,25,27). The van der Waals surface area contributed by atoms with E-state index >= 15 is 0 Å². The number of carbonyl (C=O) groups excluding carboxylic acids is 1. The monoisotopic (exact) mass is 479 g/mol. The molecule has 0 aliphatic carbocycles. The Morgan fingerprint density at radius 2 is 1.81 bits per heavy atom. The van der Waals surface area contributed by atoms with E-state index in [1.807, 2.05) is 0 Å². The summed E-state index contributed by atoms with van der Waals surface area (Å²) in [5.41, 5.74) is 1.36. The topological polar surface area (TPSA) is 79.4 Å². The minimum absolute atomic E-state index is 0.0371. The highest BCUT2D eigenvalue weighted by molar-refractivity contribution is 7.89. The molecule has 4 rings (SSSR count).